The third kappa shape index (κ3) is 3.06. The number of aryl methyl sites for hydroxylation is 1. The summed E-state index contributed by atoms with van der Waals surface area (Å²) in [5, 5.41) is 17.3. The van der Waals surface area contributed by atoms with Crippen molar-refractivity contribution in [1.29, 1.82) is 0 Å². The minimum Gasteiger partial charge on any atom is -0.396 e. The Morgan fingerprint density at radius 2 is 2.24 bits per heavy atom. The van der Waals surface area contributed by atoms with Gasteiger partial charge in [0.05, 0.1) is 11.7 Å². The van der Waals surface area contributed by atoms with Gasteiger partial charge in [0.25, 0.3) is 0 Å². The predicted molar refractivity (Wildman–Crippen MR) is 66.7 cm³/mol. The van der Waals surface area contributed by atoms with Gasteiger partial charge in [-0.05, 0) is 31.6 Å². The molecule has 0 bridgehead atoms. The highest BCUT2D eigenvalue weighted by molar-refractivity contribution is 4.94. The summed E-state index contributed by atoms with van der Waals surface area (Å²) in [5.74, 6) is 0.760. The van der Waals surface area contributed by atoms with Crippen molar-refractivity contribution in [3.8, 4) is 0 Å². The molecule has 1 fully saturated rings. The molecule has 0 spiro atoms. The number of nitrogens with zero attached hydrogens (tertiary/aromatic N) is 3. The lowest BCUT2D eigenvalue weighted by Gasteiger charge is -2.30. The third-order valence-corrected chi connectivity index (χ3v) is 3.88. The van der Waals surface area contributed by atoms with Gasteiger partial charge in [0.15, 0.2) is 0 Å². The Morgan fingerprint density at radius 3 is 3.00 bits per heavy atom. The second-order valence-corrected chi connectivity index (χ2v) is 5.04. The third-order valence-electron chi connectivity index (χ3n) is 3.88. The summed E-state index contributed by atoms with van der Waals surface area (Å²) in [4.78, 5) is 0. The summed E-state index contributed by atoms with van der Waals surface area (Å²) in [7, 11) is 0. The number of aliphatic hydroxyl groups excluding tert-OH is 1. The smallest absolute Gasteiger partial charge is 0.0828 e. The van der Waals surface area contributed by atoms with Gasteiger partial charge >= 0.3 is 0 Å². The number of rotatable bonds is 5. The van der Waals surface area contributed by atoms with Crippen LogP contribution < -0.4 is 0 Å². The maximum Gasteiger partial charge on any atom is 0.0828 e. The zero-order valence-corrected chi connectivity index (χ0v) is 10.7. The molecule has 0 amide bonds. The Bertz CT molecular complexity index is 337. The molecule has 1 aliphatic rings. The fourth-order valence-electron chi connectivity index (χ4n) is 2.86. The van der Waals surface area contributed by atoms with E-state index in [1.54, 1.807) is 0 Å². The minimum atomic E-state index is 0.230. The molecule has 17 heavy (non-hydrogen) atoms. The van der Waals surface area contributed by atoms with E-state index in [9.17, 15) is 0 Å². The van der Waals surface area contributed by atoms with Crippen LogP contribution in [0.3, 0.4) is 0 Å². The first kappa shape index (κ1) is 12.6. The lowest BCUT2D eigenvalue weighted by molar-refractivity contribution is 0.214. The van der Waals surface area contributed by atoms with Crippen molar-refractivity contribution < 1.29 is 5.11 Å². The zero-order valence-electron chi connectivity index (χ0n) is 10.7. The van der Waals surface area contributed by atoms with E-state index in [2.05, 4.69) is 28.1 Å². The summed E-state index contributed by atoms with van der Waals surface area (Å²) in [6.07, 6.45) is 10.2. The Hall–Kier alpha value is -0.900. The lowest BCUT2D eigenvalue weighted by atomic mass is 9.83. The van der Waals surface area contributed by atoms with Crippen LogP contribution in [0.1, 0.15) is 57.2 Å². The van der Waals surface area contributed by atoms with E-state index < -0.39 is 0 Å². The summed E-state index contributed by atoms with van der Waals surface area (Å²) in [6, 6.07) is 0.545. The second-order valence-electron chi connectivity index (χ2n) is 5.04. The molecule has 4 nitrogen and oxygen atoms in total. The van der Waals surface area contributed by atoms with Gasteiger partial charge in [0, 0.05) is 12.8 Å². The highest BCUT2D eigenvalue weighted by Crippen LogP contribution is 2.35. The van der Waals surface area contributed by atoms with E-state index in [0.717, 1.165) is 24.5 Å². The van der Waals surface area contributed by atoms with Crippen molar-refractivity contribution in [2.24, 2.45) is 5.92 Å². The van der Waals surface area contributed by atoms with Crippen molar-refractivity contribution >= 4 is 0 Å². The molecule has 96 valence electrons. The monoisotopic (exact) mass is 237 g/mol. The molecule has 0 radical (unpaired) electrons. The molecular weight excluding hydrogens is 214 g/mol. The molecule has 1 aromatic heterocycles. The Morgan fingerprint density at radius 1 is 1.41 bits per heavy atom. The van der Waals surface area contributed by atoms with E-state index in [1.165, 1.54) is 32.1 Å². The largest absolute Gasteiger partial charge is 0.396 e. The van der Waals surface area contributed by atoms with Crippen molar-refractivity contribution in [3.63, 3.8) is 0 Å². The van der Waals surface area contributed by atoms with Crippen LogP contribution in [0.5, 0.6) is 0 Å². The van der Waals surface area contributed by atoms with Crippen LogP contribution >= 0.6 is 0 Å². The average molecular weight is 237 g/mol. The first-order valence-electron chi connectivity index (χ1n) is 6.86. The molecule has 1 heterocycles. The van der Waals surface area contributed by atoms with Gasteiger partial charge in [-0.2, -0.15) is 0 Å². The Balaban J connectivity index is 2.02. The van der Waals surface area contributed by atoms with Crippen LogP contribution in [0.15, 0.2) is 6.20 Å². The minimum absolute atomic E-state index is 0.230. The van der Waals surface area contributed by atoms with Gasteiger partial charge in [-0.1, -0.05) is 31.4 Å². The van der Waals surface area contributed by atoms with Gasteiger partial charge in [-0.3, -0.25) is 0 Å². The molecule has 1 aliphatic carbocycles. The number of aromatic nitrogens is 3. The van der Waals surface area contributed by atoms with Crippen molar-refractivity contribution in [2.75, 3.05) is 6.61 Å². The van der Waals surface area contributed by atoms with Crippen LogP contribution in [0.4, 0.5) is 0 Å². The summed E-state index contributed by atoms with van der Waals surface area (Å²) >= 11 is 0. The molecule has 0 saturated heterocycles. The normalized spacial score (nSPS) is 25.1. The fourth-order valence-corrected chi connectivity index (χ4v) is 2.86. The highest BCUT2D eigenvalue weighted by atomic mass is 16.2. The first-order chi connectivity index (χ1) is 8.35. The van der Waals surface area contributed by atoms with E-state index in [-0.39, 0.29) is 6.61 Å². The molecular formula is C13H23N3O. The van der Waals surface area contributed by atoms with Gasteiger partial charge in [-0.15, -0.1) is 5.10 Å². The molecule has 0 aliphatic heterocycles. The van der Waals surface area contributed by atoms with Gasteiger partial charge in [0.1, 0.15) is 0 Å². The van der Waals surface area contributed by atoms with E-state index in [0.29, 0.717) is 6.04 Å². The van der Waals surface area contributed by atoms with Crippen LogP contribution in [0, 0.1) is 5.92 Å². The molecule has 2 unspecified atom stereocenters. The topological polar surface area (TPSA) is 50.9 Å². The number of hydrogen-bond donors (Lipinski definition) is 1. The average Bonchev–Trinajstić information content (AvgIpc) is 2.85. The van der Waals surface area contributed by atoms with E-state index in [4.69, 9.17) is 5.11 Å². The maximum atomic E-state index is 8.81. The highest BCUT2D eigenvalue weighted by Gasteiger charge is 2.25. The first-order valence-corrected chi connectivity index (χ1v) is 6.86. The number of hydrogen-bond acceptors (Lipinski definition) is 3. The van der Waals surface area contributed by atoms with Crippen molar-refractivity contribution in [2.45, 2.75) is 57.9 Å². The van der Waals surface area contributed by atoms with Crippen LogP contribution in [0.25, 0.3) is 0 Å². The lowest BCUT2D eigenvalue weighted by Crippen LogP contribution is -2.23. The zero-order chi connectivity index (χ0) is 12.1. The van der Waals surface area contributed by atoms with Crippen LogP contribution in [0.2, 0.25) is 0 Å². The molecule has 4 heteroatoms. The van der Waals surface area contributed by atoms with Crippen molar-refractivity contribution in [1.82, 2.24) is 15.0 Å². The van der Waals surface area contributed by atoms with Crippen molar-refractivity contribution in [3.05, 3.63) is 11.9 Å². The van der Waals surface area contributed by atoms with Gasteiger partial charge < -0.3 is 5.11 Å². The predicted octanol–water partition coefficient (Wildman–Crippen LogP) is 2.34. The number of aliphatic hydroxyl groups is 1. The molecule has 1 N–H and O–H groups in total. The maximum absolute atomic E-state index is 8.81. The Labute approximate surface area is 103 Å². The van der Waals surface area contributed by atoms with E-state index >= 15 is 0 Å². The van der Waals surface area contributed by atoms with Gasteiger partial charge in [0.2, 0.25) is 0 Å². The van der Waals surface area contributed by atoms with Gasteiger partial charge in [-0.25, -0.2) is 4.68 Å². The molecule has 0 aromatic carbocycles. The standard InChI is InChI=1S/C13H23N3O/c1-2-11-6-3-4-8-13(11)16-10-12(14-15-16)7-5-9-17/h10-11,13,17H,2-9H2,1H3. The summed E-state index contributed by atoms with van der Waals surface area (Å²) < 4.78 is 2.07. The molecule has 2 rings (SSSR count). The SMILES string of the molecule is CCC1CCCCC1n1cc(CCCO)nn1. The molecule has 1 saturated carbocycles. The van der Waals surface area contributed by atoms with Crippen LogP contribution in [-0.4, -0.2) is 26.7 Å². The summed E-state index contributed by atoms with van der Waals surface area (Å²) in [6.45, 7) is 2.50. The van der Waals surface area contributed by atoms with E-state index in [1.807, 2.05) is 0 Å². The Kier molecular flexibility index (Phi) is 4.54. The molecule has 1 aromatic rings. The molecule has 2 atom stereocenters. The fraction of sp³-hybridized carbons (Fsp3) is 0.846. The second kappa shape index (κ2) is 6.15. The quantitative estimate of drug-likeness (QED) is 0.855. The van der Waals surface area contributed by atoms with Crippen LogP contribution in [-0.2, 0) is 6.42 Å². The summed E-state index contributed by atoms with van der Waals surface area (Å²) in [5.41, 5.74) is 1.01.